The molecule has 31 heavy (non-hydrogen) atoms. The van der Waals surface area contributed by atoms with Crippen LogP contribution in [0.2, 0.25) is 0 Å². The average Bonchev–Trinajstić information content (AvgIpc) is 3.32. The van der Waals surface area contributed by atoms with Crippen molar-refractivity contribution in [2.45, 2.75) is 45.0 Å². The first kappa shape index (κ1) is 22.5. The van der Waals surface area contributed by atoms with Gasteiger partial charge in [-0.2, -0.15) is 4.68 Å². The van der Waals surface area contributed by atoms with E-state index < -0.39 is 11.2 Å². The maximum atomic E-state index is 13.1. The largest absolute Gasteiger partial charge is 0.492 e. The van der Waals surface area contributed by atoms with Crippen molar-refractivity contribution in [1.82, 2.24) is 25.2 Å². The molecule has 0 saturated heterocycles. The SMILES string of the molecule is CCOC(=O)c1c(C)[nH]c(C(=O)C(C)Sc2nnnn2-c2ccccc2OCC)c1C. The number of benzene rings is 1. The fourth-order valence-electron chi connectivity index (χ4n) is 3.23. The minimum atomic E-state index is -0.504. The van der Waals surface area contributed by atoms with E-state index in [1.165, 1.54) is 11.8 Å². The predicted octanol–water partition coefficient (Wildman–Crippen LogP) is 3.55. The number of hydrogen-bond donors (Lipinski definition) is 1. The van der Waals surface area contributed by atoms with Gasteiger partial charge in [-0.05, 0) is 62.7 Å². The number of aromatic amines is 1. The molecular formula is C21H25N5O4S. The van der Waals surface area contributed by atoms with Crippen molar-refractivity contribution >= 4 is 23.5 Å². The molecule has 3 rings (SSSR count). The Hall–Kier alpha value is -3.14. The number of para-hydroxylation sites is 2. The fourth-order valence-corrected chi connectivity index (χ4v) is 4.09. The number of rotatable bonds is 9. The Morgan fingerprint density at radius 1 is 1.19 bits per heavy atom. The second-order valence-corrected chi connectivity index (χ2v) is 8.05. The molecule has 0 saturated carbocycles. The molecule has 0 spiro atoms. The van der Waals surface area contributed by atoms with Crippen molar-refractivity contribution in [3.8, 4) is 11.4 Å². The third-order valence-corrected chi connectivity index (χ3v) is 5.68. The van der Waals surface area contributed by atoms with Gasteiger partial charge in [0.2, 0.25) is 5.16 Å². The smallest absolute Gasteiger partial charge is 0.340 e. The molecule has 2 heterocycles. The maximum Gasteiger partial charge on any atom is 0.340 e. The van der Waals surface area contributed by atoms with Gasteiger partial charge in [-0.3, -0.25) is 4.79 Å². The highest BCUT2D eigenvalue weighted by Crippen LogP contribution is 2.30. The van der Waals surface area contributed by atoms with Crippen LogP contribution in [0.25, 0.3) is 5.69 Å². The van der Waals surface area contributed by atoms with E-state index in [1.54, 1.807) is 32.4 Å². The van der Waals surface area contributed by atoms with Crippen LogP contribution in [0.1, 0.15) is 52.9 Å². The number of carbonyl (C=O) groups excluding carboxylic acids is 2. The molecule has 0 aliphatic heterocycles. The molecule has 0 aliphatic carbocycles. The number of nitrogens with one attached hydrogen (secondary N) is 1. The lowest BCUT2D eigenvalue weighted by molar-refractivity contribution is 0.0525. The molecule has 9 nitrogen and oxygen atoms in total. The number of aryl methyl sites for hydroxylation is 1. The highest BCUT2D eigenvalue weighted by atomic mass is 32.2. The number of ketones is 1. The number of aromatic nitrogens is 5. The zero-order chi connectivity index (χ0) is 22.5. The van der Waals surface area contributed by atoms with Gasteiger partial charge in [-0.1, -0.05) is 23.9 Å². The van der Waals surface area contributed by atoms with E-state index in [-0.39, 0.29) is 12.4 Å². The lowest BCUT2D eigenvalue weighted by Crippen LogP contribution is -2.16. The van der Waals surface area contributed by atoms with Gasteiger partial charge in [0, 0.05) is 5.69 Å². The molecule has 10 heteroatoms. The number of Topliss-reactive ketones (excluding diaryl/α,β-unsaturated/α-hetero) is 1. The Bertz CT molecular complexity index is 1090. The molecule has 1 aromatic carbocycles. The quantitative estimate of drug-likeness (QED) is 0.304. The topological polar surface area (TPSA) is 112 Å². The number of thioether (sulfide) groups is 1. The van der Waals surface area contributed by atoms with Crippen molar-refractivity contribution in [3.05, 3.63) is 46.8 Å². The first-order chi connectivity index (χ1) is 14.9. The summed E-state index contributed by atoms with van der Waals surface area (Å²) in [6.07, 6.45) is 0. The standard InChI is InChI=1S/C21H25N5O4S/c1-6-29-16-11-9-8-10-15(16)26-21(23-24-25-26)31-14(5)19(27)18-12(3)17(13(4)22-18)20(28)30-7-2/h8-11,14,22H,6-7H2,1-5H3. The van der Waals surface area contributed by atoms with E-state index in [2.05, 4.69) is 20.5 Å². The lowest BCUT2D eigenvalue weighted by Gasteiger charge is -2.12. The molecule has 0 aliphatic rings. The molecule has 2 aromatic heterocycles. The summed E-state index contributed by atoms with van der Waals surface area (Å²) in [7, 11) is 0. The van der Waals surface area contributed by atoms with E-state index in [0.29, 0.717) is 45.7 Å². The Morgan fingerprint density at radius 2 is 1.94 bits per heavy atom. The van der Waals surface area contributed by atoms with Crippen molar-refractivity contribution in [2.75, 3.05) is 13.2 Å². The summed E-state index contributed by atoms with van der Waals surface area (Å²) >= 11 is 1.23. The number of esters is 1. The molecule has 3 aromatic rings. The van der Waals surface area contributed by atoms with Crippen molar-refractivity contribution in [2.24, 2.45) is 0 Å². The van der Waals surface area contributed by atoms with Crippen molar-refractivity contribution < 1.29 is 19.1 Å². The summed E-state index contributed by atoms with van der Waals surface area (Å²) < 4.78 is 12.3. The fraction of sp³-hybridized carbons (Fsp3) is 0.381. The minimum absolute atomic E-state index is 0.159. The lowest BCUT2D eigenvalue weighted by atomic mass is 10.1. The van der Waals surface area contributed by atoms with E-state index in [0.717, 1.165) is 0 Å². The Labute approximate surface area is 184 Å². The number of hydrogen-bond acceptors (Lipinski definition) is 8. The molecule has 1 atom stereocenters. The number of tetrazole rings is 1. The molecule has 0 amide bonds. The van der Waals surface area contributed by atoms with E-state index in [9.17, 15) is 9.59 Å². The van der Waals surface area contributed by atoms with Gasteiger partial charge in [0.05, 0.1) is 29.7 Å². The normalized spacial score (nSPS) is 11.9. The van der Waals surface area contributed by atoms with Crippen LogP contribution in [0.5, 0.6) is 5.75 Å². The molecule has 0 bridgehead atoms. The van der Waals surface area contributed by atoms with Gasteiger partial charge in [0.15, 0.2) is 5.78 Å². The number of ether oxygens (including phenoxy) is 2. The summed E-state index contributed by atoms with van der Waals surface area (Å²) in [5.74, 6) is 0.0476. The second-order valence-electron chi connectivity index (χ2n) is 6.74. The van der Waals surface area contributed by atoms with E-state index in [1.807, 2.05) is 31.2 Å². The maximum absolute atomic E-state index is 13.1. The van der Waals surface area contributed by atoms with Crippen LogP contribution in [0.3, 0.4) is 0 Å². The van der Waals surface area contributed by atoms with Crippen LogP contribution >= 0.6 is 11.8 Å². The molecule has 0 fully saturated rings. The average molecular weight is 444 g/mol. The van der Waals surface area contributed by atoms with Crippen LogP contribution in [0.15, 0.2) is 29.4 Å². The first-order valence-corrected chi connectivity index (χ1v) is 10.8. The second kappa shape index (κ2) is 9.78. The molecule has 1 unspecified atom stereocenters. The Kier molecular flexibility index (Phi) is 7.11. The van der Waals surface area contributed by atoms with Gasteiger partial charge < -0.3 is 14.5 Å². The van der Waals surface area contributed by atoms with Gasteiger partial charge in [-0.15, -0.1) is 5.10 Å². The zero-order valence-corrected chi connectivity index (χ0v) is 18.9. The summed E-state index contributed by atoms with van der Waals surface area (Å²) in [6.45, 7) is 9.68. The van der Waals surface area contributed by atoms with Gasteiger partial charge in [-0.25, -0.2) is 4.79 Å². The number of nitrogens with zero attached hydrogens (tertiary/aromatic N) is 4. The molecule has 164 valence electrons. The van der Waals surface area contributed by atoms with E-state index >= 15 is 0 Å². The van der Waals surface area contributed by atoms with Crippen LogP contribution in [0.4, 0.5) is 0 Å². The first-order valence-electron chi connectivity index (χ1n) is 9.96. The third-order valence-electron chi connectivity index (χ3n) is 4.65. The molecule has 0 radical (unpaired) electrons. The highest BCUT2D eigenvalue weighted by Gasteiger charge is 2.27. The van der Waals surface area contributed by atoms with Crippen molar-refractivity contribution in [1.29, 1.82) is 0 Å². The predicted molar refractivity (Wildman–Crippen MR) is 116 cm³/mol. The van der Waals surface area contributed by atoms with Crippen LogP contribution in [-0.4, -0.2) is 55.4 Å². The number of H-pyrrole nitrogens is 1. The van der Waals surface area contributed by atoms with Crippen LogP contribution < -0.4 is 4.74 Å². The highest BCUT2D eigenvalue weighted by molar-refractivity contribution is 8.00. The van der Waals surface area contributed by atoms with E-state index in [4.69, 9.17) is 9.47 Å². The summed E-state index contributed by atoms with van der Waals surface area (Å²) in [5.41, 5.74) is 2.65. The minimum Gasteiger partial charge on any atom is -0.492 e. The number of carbonyl (C=O) groups is 2. The van der Waals surface area contributed by atoms with Gasteiger partial charge in [0.1, 0.15) is 11.4 Å². The molecule has 1 N–H and O–H groups in total. The Morgan fingerprint density at radius 3 is 2.65 bits per heavy atom. The molecular weight excluding hydrogens is 418 g/mol. The zero-order valence-electron chi connectivity index (χ0n) is 18.1. The summed E-state index contributed by atoms with van der Waals surface area (Å²) in [5, 5.41) is 11.9. The summed E-state index contributed by atoms with van der Waals surface area (Å²) in [6, 6.07) is 7.42. The van der Waals surface area contributed by atoms with Crippen LogP contribution in [-0.2, 0) is 4.74 Å². The van der Waals surface area contributed by atoms with Crippen LogP contribution in [0, 0.1) is 13.8 Å². The van der Waals surface area contributed by atoms with Gasteiger partial charge in [0.25, 0.3) is 0 Å². The summed E-state index contributed by atoms with van der Waals surface area (Å²) in [4.78, 5) is 28.4. The van der Waals surface area contributed by atoms with Crippen molar-refractivity contribution in [3.63, 3.8) is 0 Å². The third kappa shape index (κ3) is 4.63. The van der Waals surface area contributed by atoms with Gasteiger partial charge >= 0.3 is 5.97 Å². The monoisotopic (exact) mass is 443 g/mol. The Balaban J connectivity index is 1.85.